The first kappa shape index (κ1) is 19.5. The van der Waals surface area contributed by atoms with Crippen molar-refractivity contribution in [3.63, 3.8) is 0 Å². The SMILES string of the molecule is CC(C)OC(=O)C(O)C(NC(=O)OCc1ccccc1)c1ccccc1. The molecule has 0 heterocycles. The molecule has 0 spiro atoms. The minimum Gasteiger partial charge on any atom is -0.461 e. The third-order valence-electron chi connectivity index (χ3n) is 3.55. The molecule has 1 amide bonds. The Morgan fingerprint density at radius 1 is 1.00 bits per heavy atom. The fourth-order valence-electron chi connectivity index (χ4n) is 2.33. The Kier molecular flexibility index (Phi) is 7.17. The van der Waals surface area contributed by atoms with Crippen molar-refractivity contribution in [1.29, 1.82) is 0 Å². The molecule has 2 N–H and O–H groups in total. The molecule has 2 aromatic carbocycles. The van der Waals surface area contributed by atoms with Crippen LogP contribution in [0.5, 0.6) is 0 Å². The molecule has 0 saturated heterocycles. The van der Waals surface area contributed by atoms with Crippen molar-refractivity contribution in [2.75, 3.05) is 0 Å². The summed E-state index contributed by atoms with van der Waals surface area (Å²) in [5, 5.41) is 12.9. The molecule has 2 rings (SSSR count). The molecule has 0 aromatic heterocycles. The van der Waals surface area contributed by atoms with Gasteiger partial charge in [-0.1, -0.05) is 60.7 Å². The number of amides is 1. The van der Waals surface area contributed by atoms with Crippen LogP contribution in [0.4, 0.5) is 4.79 Å². The first-order chi connectivity index (χ1) is 12.5. The highest BCUT2D eigenvalue weighted by atomic mass is 16.6. The van der Waals surface area contributed by atoms with Crippen molar-refractivity contribution in [1.82, 2.24) is 5.32 Å². The number of ether oxygens (including phenoxy) is 2. The van der Waals surface area contributed by atoms with Crippen LogP contribution < -0.4 is 5.32 Å². The number of hydrogen-bond donors (Lipinski definition) is 2. The fourth-order valence-corrected chi connectivity index (χ4v) is 2.33. The van der Waals surface area contributed by atoms with Crippen molar-refractivity contribution in [3.05, 3.63) is 71.8 Å². The van der Waals surface area contributed by atoms with Crippen LogP contribution in [0, 0.1) is 0 Å². The Morgan fingerprint density at radius 2 is 1.58 bits per heavy atom. The summed E-state index contributed by atoms with van der Waals surface area (Å²) in [5.74, 6) is -0.808. The maximum absolute atomic E-state index is 12.2. The van der Waals surface area contributed by atoms with Gasteiger partial charge in [0.1, 0.15) is 6.61 Å². The lowest BCUT2D eigenvalue weighted by atomic mass is 10.0. The number of nitrogens with one attached hydrogen (secondary N) is 1. The van der Waals surface area contributed by atoms with Crippen molar-refractivity contribution in [2.24, 2.45) is 0 Å². The van der Waals surface area contributed by atoms with E-state index in [1.165, 1.54) is 0 Å². The van der Waals surface area contributed by atoms with E-state index in [1.807, 2.05) is 30.3 Å². The summed E-state index contributed by atoms with van der Waals surface area (Å²) in [6.07, 6.45) is -2.67. The summed E-state index contributed by atoms with van der Waals surface area (Å²) in [6.45, 7) is 3.45. The number of esters is 1. The molecular formula is C20H23NO5. The molecule has 0 radical (unpaired) electrons. The van der Waals surface area contributed by atoms with Gasteiger partial charge in [0, 0.05) is 0 Å². The Bertz CT molecular complexity index is 703. The zero-order valence-electron chi connectivity index (χ0n) is 14.8. The van der Waals surface area contributed by atoms with Gasteiger partial charge in [-0.2, -0.15) is 0 Å². The Labute approximate surface area is 152 Å². The van der Waals surface area contributed by atoms with Crippen LogP contribution in [-0.2, 0) is 20.9 Å². The monoisotopic (exact) mass is 357 g/mol. The third kappa shape index (κ3) is 5.89. The number of benzene rings is 2. The molecule has 6 heteroatoms. The molecule has 0 bridgehead atoms. The molecule has 6 nitrogen and oxygen atoms in total. The Hall–Kier alpha value is -2.86. The van der Waals surface area contributed by atoms with Gasteiger partial charge in [0.25, 0.3) is 0 Å². The fraction of sp³-hybridized carbons (Fsp3) is 0.300. The lowest BCUT2D eigenvalue weighted by Gasteiger charge is -2.24. The average molecular weight is 357 g/mol. The van der Waals surface area contributed by atoms with Crippen LogP contribution >= 0.6 is 0 Å². The summed E-state index contributed by atoms with van der Waals surface area (Å²) in [4.78, 5) is 24.2. The van der Waals surface area contributed by atoms with Crippen LogP contribution in [-0.4, -0.2) is 29.4 Å². The van der Waals surface area contributed by atoms with E-state index in [9.17, 15) is 14.7 Å². The van der Waals surface area contributed by atoms with Gasteiger partial charge in [-0.05, 0) is 25.0 Å². The maximum atomic E-state index is 12.2. The second-order valence-corrected chi connectivity index (χ2v) is 6.02. The molecule has 0 fully saturated rings. The van der Waals surface area contributed by atoms with Crippen LogP contribution in [0.2, 0.25) is 0 Å². The molecule has 2 aromatic rings. The number of alkyl carbamates (subject to hydrolysis) is 1. The lowest BCUT2D eigenvalue weighted by Crippen LogP contribution is -2.41. The topological polar surface area (TPSA) is 84.9 Å². The highest BCUT2D eigenvalue weighted by molar-refractivity contribution is 5.77. The van der Waals surface area contributed by atoms with Gasteiger partial charge >= 0.3 is 12.1 Å². The maximum Gasteiger partial charge on any atom is 0.408 e. The van der Waals surface area contributed by atoms with E-state index in [0.717, 1.165) is 5.56 Å². The van der Waals surface area contributed by atoms with E-state index in [2.05, 4.69) is 5.32 Å². The van der Waals surface area contributed by atoms with E-state index in [1.54, 1.807) is 44.2 Å². The van der Waals surface area contributed by atoms with Crippen LogP contribution in [0.15, 0.2) is 60.7 Å². The summed E-state index contributed by atoms with van der Waals surface area (Å²) in [6, 6.07) is 16.9. The molecule has 2 atom stereocenters. The van der Waals surface area contributed by atoms with E-state index < -0.39 is 24.2 Å². The summed E-state index contributed by atoms with van der Waals surface area (Å²) >= 11 is 0. The summed E-state index contributed by atoms with van der Waals surface area (Å²) in [5.41, 5.74) is 1.40. The molecule has 138 valence electrons. The molecular weight excluding hydrogens is 334 g/mol. The predicted octanol–water partition coefficient (Wildman–Crippen LogP) is 2.97. The molecule has 26 heavy (non-hydrogen) atoms. The molecule has 0 aliphatic heterocycles. The average Bonchev–Trinajstić information content (AvgIpc) is 2.65. The van der Waals surface area contributed by atoms with Crippen molar-refractivity contribution in [3.8, 4) is 0 Å². The summed E-state index contributed by atoms with van der Waals surface area (Å²) < 4.78 is 10.2. The number of hydrogen-bond acceptors (Lipinski definition) is 5. The first-order valence-electron chi connectivity index (χ1n) is 8.38. The van der Waals surface area contributed by atoms with Gasteiger partial charge in [-0.15, -0.1) is 0 Å². The molecule has 0 aliphatic carbocycles. The van der Waals surface area contributed by atoms with Crippen LogP contribution in [0.25, 0.3) is 0 Å². The van der Waals surface area contributed by atoms with E-state index in [4.69, 9.17) is 9.47 Å². The van der Waals surface area contributed by atoms with Crippen LogP contribution in [0.1, 0.15) is 31.0 Å². The van der Waals surface area contributed by atoms with Gasteiger partial charge in [-0.25, -0.2) is 9.59 Å². The number of carbonyl (C=O) groups is 2. The zero-order chi connectivity index (χ0) is 18.9. The summed E-state index contributed by atoms with van der Waals surface area (Å²) in [7, 11) is 0. The highest BCUT2D eigenvalue weighted by Gasteiger charge is 2.31. The van der Waals surface area contributed by atoms with E-state index in [0.29, 0.717) is 5.56 Å². The number of carbonyl (C=O) groups excluding carboxylic acids is 2. The Balaban J connectivity index is 2.06. The van der Waals surface area contributed by atoms with Crippen LogP contribution in [0.3, 0.4) is 0 Å². The van der Waals surface area contributed by atoms with E-state index >= 15 is 0 Å². The largest absolute Gasteiger partial charge is 0.461 e. The quantitative estimate of drug-likeness (QED) is 0.744. The standard InChI is InChI=1S/C20H23NO5/c1-14(2)26-19(23)18(22)17(16-11-7-4-8-12-16)21-20(24)25-13-15-9-5-3-6-10-15/h3-12,14,17-18,22H,13H2,1-2H3,(H,21,24). The molecule has 2 unspecified atom stereocenters. The Morgan fingerprint density at radius 3 is 2.15 bits per heavy atom. The lowest BCUT2D eigenvalue weighted by molar-refractivity contribution is -0.159. The third-order valence-corrected chi connectivity index (χ3v) is 3.55. The first-order valence-corrected chi connectivity index (χ1v) is 8.38. The van der Waals surface area contributed by atoms with Crippen molar-refractivity contribution < 1.29 is 24.2 Å². The van der Waals surface area contributed by atoms with Crippen molar-refractivity contribution >= 4 is 12.1 Å². The van der Waals surface area contributed by atoms with Crippen molar-refractivity contribution in [2.45, 2.75) is 38.7 Å². The number of aliphatic hydroxyl groups is 1. The second kappa shape index (κ2) is 9.58. The molecule has 0 aliphatic rings. The van der Waals surface area contributed by atoms with Gasteiger partial charge < -0.3 is 19.9 Å². The van der Waals surface area contributed by atoms with Gasteiger partial charge in [0.15, 0.2) is 6.10 Å². The van der Waals surface area contributed by atoms with Gasteiger partial charge in [-0.3, -0.25) is 0 Å². The van der Waals surface area contributed by atoms with E-state index in [-0.39, 0.29) is 12.7 Å². The second-order valence-electron chi connectivity index (χ2n) is 6.02. The van der Waals surface area contributed by atoms with Gasteiger partial charge in [0.2, 0.25) is 0 Å². The predicted molar refractivity (Wildman–Crippen MR) is 96.2 cm³/mol. The van der Waals surface area contributed by atoms with Gasteiger partial charge in [0.05, 0.1) is 12.1 Å². The smallest absolute Gasteiger partial charge is 0.408 e. The highest BCUT2D eigenvalue weighted by Crippen LogP contribution is 2.19. The number of rotatable bonds is 7. The zero-order valence-corrected chi connectivity index (χ0v) is 14.8. The normalized spacial score (nSPS) is 12.9. The minimum atomic E-state index is -1.55. The minimum absolute atomic E-state index is 0.0840. The number of aliphatic hydroxyl groups excluding tert-OH is 1. The molecule has 0 saturated carbocycles.